The van der Waals surface area contributed by atoms with Gasteiger partial charge in [-0.15, -0.1) is 0 Å². The SMILES string of the molecule is COc1c(Cl)cc(Cl)cc1/C=C/C(=O)Nc1cccc2c1C(=O)c1ccccc1C2=O. The molecule has 0 unspecified atom stereocenters. The Hall–Kier alpha value is -3.41. The molecule has 31 heavy (non-hydrogen) atoms. The van der Waals surface area contributed by atoms with Gasteiger partial charge in [0.1, 0.15) is 5.75 Å². The number of anilines is 1. The molecule has 0 saturated heterocycles. The normalized spacial score (nSPS) is 12.5. The molecule has 3 aromatic rings. The van der Waals surface area contributed by atoms with Crippen LogP contribution in [0.5, 0.6) is 5.75 Å². The second-order valence-corrected chi connectivity index (χ2v) is 7.61. The Bertz CT molecular complexity index is 1280. The zero-order chi connectivity index (χ0) is 22.1. The highest BCUT2D eigenvalue weighted by Crippen LogP contribution is 2.34. The number of rotatable bonds is 4. The predicted molar refractivity (Wildman–Crippen MR) is 120 cm³/mol. The molecular formula is C24H15Cl2NO4. The van der Waals surface area contributed by atoms with Crippen LogP contribution in [0.1, 0.15) is 37.4 Å². The molecule has 0 spiro atoms. The topological polar surface area (TPSA) is 72.5 Å². The Labute approximate surface area is 188 Å². The van der Waals surface area contributed by atoms with Crippen molar-refractivity contribution in [2.45, 2.75) is 0 Å². The predicted octanol–water partition coefficient (Wildman–Crippen LogP) is 5.43. The van der Waals surface area contributed by atoms with Gasteiger partial charge in [-0.3, -0.25) is 14.4 Å². The fraction of sp³-hybridized carbons (Fsp3) is 0.0417. The second-order valence-electron chi connectivity index (χ2n) is 6.76. The number of hydrogen-bond acceptors (Lipinski definition) is 4. The molecule has 0 aromatic heterocycles. The van der Waals surface area contributed by atoms with Crippen LogP contribution in [-0.2, 0) is 4.79 Å². The molecule has 4 rings (SSSR count). The number of methoxy groups -OCH3 is 1. The van der Waals surface area contributed by atoms with E-state index in [2.05, 4.69) is 5.32 Å². The van der Waals surface area contributed by atoms with Gasteiger partial charge in [-0.05, 0) is 24.3 Å². The number of ether oxygens (including phenoxy) is 1. The lowest BCUT2D eigenvalue weighted by Gasteiger charge is -2.20. The van der Waals surface area contributed by atoms with Crippen molar-refractivity contribution in [2.75, 3.05) is 12.4 Å². The van der Waals surface area contributed by atoms with Crippen molar-refractivity contribution in [3.8, 4) is 5.75 Å². The van der Waals surface area contributed by atoms with E-state index in [0.29, 0.717) is 32.5 Å². The lowest BCUT2D eigenvalue weighted by Crippen LogP contribution is -2.23. The van der Waals surface area contributed by atoms with E-state index in [1.807, 2.05) is 0 Å². The van der Waals surface area contributed by atoms with Gasteiger partial charge in [-0.2, -0.15) is 0 Å². The van der Waals surface area contributed by atoms with Crippen molar-refractivity contribution < 1.29 is 19.1 Å². The third-order valence-corrected chi connectivity index (χ3v) is 5.36. The first-order valence-corrected chi connectivity index (χ1v) is 10.00. The fourth-order valence-corrected chi connectivity index (χ4v) is 4.09. The van der Waals surface area contributed by atoms with Crippen molar-refractivity contribution in [2.24, 2.45) is 0 Å². The summed E-state index contributed by atoms with van der Waals surface area (Å²) in [4.78, 5) is 38.4. The zero-order valence-corrected chi connectivity index (χ0v) is 17.8. The van der Waals surface area contributed by atoms with Crippen LogP contribution in [-0.4, -0.2) is 24.6 Å². The molecule has 3 aromatic carbocycles. The van der Waals surface area contributed by atoms with Crippen LogP contribution < -0.4 is 10.1 Å². The molecule has 0 radical (unpaired) electrons. The summed E-state index contributed by atoms with van der Waals surface area (Å²) >= 11 is 12.1. The minimum Gasteiger partial charge on any atom is -0.495 e. The van der Waals surface area contributed by atoms with Crippen molar-refractivity contribution in [1.29, 1.82) is 0 Å². The molecular weight excluding hydrogens is 437 g/mol. The number of hydrogen-bond donors (Lipinski definition) is 1. The van der Waals surface area contributed by atoms with E-state index in [4.69, 9.17) is 27.9 Å². The van der Waals surface area contributed by atoms with Gasteiger partial charge in [0.25, 0.3) is 0 Å². The first-order valence-electron chi connectivity index (χ1n) is 9.24. The lowest BCUT2D eigenvalue weighted by molar-refractivity contribution is -0.111. The monoisotopic (exact) mass is 451 g/mol. The first kappa shape index (κ1) is 20.8. The molecule has 0 fully saturated rings. The van der Waals surface area contributed by atoms with E-state index in [9.17, 15) is 14.4 Å². The van der Waals surface area contributed by atoms with E-state index < -0.39 is 5.91 Å². The number of carbonyl (C=O) groups is 3. The number of amides is 1. The molecule has 154 valence electrons. The van der Waals surface area contributed by atoms with Crippen molar-refractivity contribution in [3.63, 3.8) is 0 Å². The van der Waals surface area contributed by atoms with Crippen molar-refractivity contribution in [3.05, 3.63) is 98.5 Å². The molecule has 1 aliphatic carbocycles. The maximum Gasteiger partial charge on any atom is 0.248 e. The molecule has 0 bridgehead atoms. The van der Waals surface area contributed by atoms with Gasteiger partial charge in [0.15, 0.2) is 11.6 Å². The minimum absolute atomic E-state index is 0.177. The highest BCUT2D eigenvalue weighted by Gasteiger charge is 2.31. The Morgan fingerprint density at radius 1 is 0.935 bits per heavy atom. The van der Waals surface area contributed by atoms with Gasteiger partial charge in [0.2, 0.25) is 5.91 Å². The van der Waals surface area contributed by atoms with Crippen LogP contribution in [0.4, 0.5) is 5.69 Å². The summed E-state index contributed by atoms with van der Waals surface area (Å²) in [5.41, 5.74) is 1.88. The standard InChI is InChI=1S/C24H15Cl2NO4/c1-31-24-13(11-14(25)12-18(24)26)9-10-20(28)27-19-8-4-7-17-21(19)23(30)16-6-3-2-5-15(16)22(17)29/h2-12H,1H3,(H,27,28)/b10-9+. The van der Waals surface area contributed by atoms with Gasteiger partial charge in [-0.25, -0.2) is 0 Å². The van der Waals surface area contributed by atoms with Crippen LogP contribution in [0.25, 0.3) is 6.08 Å². The number of nitrogens with one attached hydrogen (secondary N) is 1. The second kappa shape index (κ2) is 8.38. The zero-order valence-electron chi connectivity index (χ0n) is 16.2. The fourth-order valence-electron chi connectivity index (χ4n) is 3.51. The number of halogens is 2. The third-order valence-electron chi connectivity index (χ3n) is 4.87. The summed E-state index contributed by atoms with van der Waals surface area (Å²) in [6.45, 7) is 0. The van der Waals surface area contributed by atoms with Gasteiger partial charge < -0.3 is 10.1 Å². The number of ketones is 2. The average Bonchev–Trinajstić information content (AvgIpc) is 2.75. The van der Waals surface area contributed by atoms with Gasteiger partial charge in [0, 0.05) is 33.4 Å². The lowest BCUT2D eigenvalue weighted by atomic mass is 9.83. The molecule has 0 aliphatic heterocycles. The van der Waals surface area contributed by atoms with E-state index in [-0.39, 0.29) is 28.4 Å². The Kier molecular flexibility index (Phi) is 5.63. The highest BCUT2D eigenvalue weighted by molar-refractivity contribution is 6.36. The average molecular weight is 452 g/mol. The molecule has 1 aliphatic rings. The smallest absolute Gasteiger partial charge is 0.248 e. The van der Waals surface area contributed by atoms with Crippen LogP contribution in [0.2, 0.25) is 10.0 Å². The van der Waals surface area contributed by atoms with Crippen molar-refractivity contribution in [1.82, 2.24) is 0 Å². The van der Waals surface area contributed by atoms with Gasteiger partial charge in [-0.1, -0.05) is 59.6 Å². The Balaban J connectivity index is 1.65. The number of benzene rings is 3. The molecule has 5 nitrogen and oxygen atoms in total. The van der Waals surface area contributed by atoms with Crippen LogP contribution in [0.3, 0.4) is 0 Å². The minimum atomic E-state index is -0.495. The van der Waals surface area contributed by atoms with Crippen molar-refractivity contribution >= 4 is 52.4 Å². The summed E-state index contributed by atoms with van der Waals surface area (Å²) < 4.78 is 5.26. The van der Waals surface area contributed by atoms with Gasteiger partial charge in [0.05, 0.1) is 23.4 Å². The summed E-state index contributed by atoms with van der Waals surface area (Å²) in [5.74, 6) is -0.682. The van der Waals surface area contributed by atoms with Crippen LogP contribution in [0.15, 0.2) is 60.7 Å². The molecule has 1 amide bonds. The maximum atomic E-state index is 13.0. The molecule has 7 heteroatoms. The largest absolute Gasteiger partial charge is 0.495 e. The van der Waals surface area contributed by atoms with Gasteiger partial charge >= 0.3 is 0 Å². The molecule has 0 atom stereocenters. The maximum absolute atomic E-state index is 13.0. The summed E-state index contributed by atoms with van der Waals surface area (Å²) in [7, 11) is 1.46. The molecule has 0 saturated carbocycles. The molecule has 0 heterocycles. The van der Waals surface area contributed by atoms with E-state index in [0.717, 1.165) is 0 Å². The van der Waals surface area contributed by atoms with E-state index in [1.165, 1.54) is 25.3 Å². The summed E-state index contributed by atoms with van der Waals surface area (Å²) in [6, 6.07) is 14.6. The quantitative estimate of drug-likeness (QED) is 0.419. The third kappa shape index (κ3) is 3.85. The van der Waals surface area contributed by atoms with Crippen LogP contribution >= 0.6 is 23.2 Å². The number of fused-ring (bicyclic) bond motifs is 2. The Morgan fingerprint density at radius 2 is 1.61 bits per heavy atom. The van der Waals surface area contributed by atoms with Crippen LogP contribution in [0, 0.1) is 0 Å². The van der Waals surface area contributed by atoms with E-state index in [1.54, 1.807) is 48.5 Å². The Morgan fingerprint density at radius 3 is 2.32 bits per heavy atom. The summed E-state index contributed by atoms with van der Waals surface area (Å²) in [6.07, 6.45) is 2.77. The number of carbonyl (C=O) groups excluding carboxylic acids is 3. The highest BCUT2D eigenvalue weighted by atomic mass is 35.5. The molecule has 1 N–H and O–H groups in total. The van der Waals surface area contributed by atoms with E-state index >= 15 is 0 Å². The summed E-state index contributed by atoms with van der Waals surface area (Å²) in [5, 5.41) is 3.39. The first-order chi connectivity index (χ1) is 14.9.